The summed E-state index contributed by atoms with van der Waals surface area (Å²) < 4.78 is 29.4. The summed E-state index contributed by atoms with van der Waals surface area (Å²) in [7, 11) is 0.143. The molecule has 0 radical (unpaired) electrons. The Kier molecular flexibility index (Phi) is 5.48. The van der Waals surface area contributed by atoms with Crippen LogP contribution in [0.3, 0.4) is 0 Å². The summed E-state index contributed by atoms with van der Waals surface area (Å²) in [6.45, 7) is 1.29. The van der Waals surface area contributed by atoms with E-state index in [1.54, 1.807) is 28.9 Å². The van der Waals surface area contributed by atoms with E-state index in [1.165, 1.54) is 9.87 Å². The van der Waals surface area contributed by atoms with Crippen molar-refractivity contribution in [2.24, 2.45) is 13.0 Å². The van der Waals surface area contributed by atoms with Crippen molar-refractivity contribution in [3.63, 3.8) is 0 Å². The molecule has 0 atom stereocenters. The van der Waals surface area contributed by atoms with E-state index < -0.39 is 10.0 Å². The highest BCUT2D eigenvalue weighted by Gasteiger charge is 2.33. The molecule has 0 bridgehead atoms. The van der Waals surface area contributed by atoms with Gasteiger partial charge in [0.1, 0.15) is 0 Å². The Morgan fingerprint density at radius 2 is 1.93 bits per heavy atom. The average molecular weight is 417 g/mol. The van der Waals surface area contributed by atoms with Crippen LogP contribution in [0, 0.1) is 5.92 Å². The third kappa shape index (κ3) is 4.09. The molecule has 4 rings (SSSR count). The first kappa shape index (κ1) is 20.1. The quantitative estimate of drug-likeness (QED) is 0.747. The minimum absolute atomic E-state index is 0.0726. The summed E-state index contributed by atoms with van der Waals surface area (Å²) in [6, 6.07) is 5.54. The lowest BCUT2D eigenvalue weighted by Gasteiger charge is -2.32. The normalized spacial score (nSPS) is 18.0. The van der Waals surface area contributed by atoms with Crippen LogP contribution in [-0.4, -0.2) is 53.4 Å². The third-order valence-corrected chi connectivity index (χ3v) is 7.96. The molecule has 7 nitrogen and oxygen atoms in total. The van der Waals surface area contributed by atoms with Crippen molar-refractivity contribution in [1.82, 2.24) is 19.0 Å². The first-order chi connectivity index (χ1) is 13.8. The molecule has 2 heterocycles. The van der Waals surface area contributed by atoms with Crippen LogP contribution in [0.5, 0.6) is 0 Å². The molecular weight excluding hydrogens is 388 g/mol. The maximum Gasteiger partial charge on any atom is 0.243 e. The Bertz CT molecular complexity index is 1010. The number of nitrogens with zero attached hydrogens (tertiary/aromatic N) is 4. The van der Waals surface area contributed by atoms with E-state index in [1.807, 2.05) is 25.4 Å². The molecule has 0 spiro atoms. The highest BCUT2D eigenvalue weighted by molar-refractivity contribution is 7.89. The van der Waals surface area contributed by atoms with Crippen LogP contribution in [0.2, 0.25) is 0 Å². The van der Waals surface area contributed by atoms with Gasteiger partial charge < -0.3 is 4.90 Å². The summed E-state index contributed by atoms with van der Waals surface area (Å²) in [5, 5.41) is 4.13. The Morgan fingerprint density at radius 1 is 1.21 bits per heavy atom. The highest BCUT2D eigenvalue weighted by atomic mass is 32.2. The molecule has 1 aliphatic carbocycles. The van der Waals surface area contributed by atoms with Gasteiger partial charge in [0.2, 0.25) is 15.9 Å². The minimum Gasteiger partial charge on any atom is -0.341 e. The van der Waals surface area contributed by atoms with E-state index in [0.717, 1.165) is 30.4 Å². The van der Waals surface area contributed by atoms with Crippen molar-refractivity contribution in [2.45, 2.75) is 43.5 Å². The van der Waals surface area contributed by atoms with Crippen LogP contribution >= 0.6 is 0 Å². The second-order valence-electron chi connectivity index (χ2n) is 8.18. The molecule has 1 amide bonds. The molecule has 2 aromatic rings. The van der Waals surface area contributed by atoms with E-state index >= 15 is 0 Å². The molecule has 1 fully saturated rings. The maximum absolute atomic E-state index is 13.1. The number of piperidine rings is 1. The van der Waals surface area contributed by atoms with Crippen molar-refractivity contribution in [3.8, 4) is 0 Å². The topological polar surface area (TPSA) is 75.5 Å². The van der Waals surface area contributed by atoms with Crippen molar-refractivity contribution < 1.29 is 13.2 Å². The van der Waals surface area contributed by atoms with Crippen LogP contribution < -0.4 is 0 Å². The standard InChI is InChI=1S/C21H28N4O3S/c1-23(14-16-13-22-24(2)15-16)21(26)18-8-10-25(11-9-18)29(27,28)20-7-6-17-4-3-5-19(17)12-20/h6-7,12-13,15,18H,3-5,8-11,14H2,1-2H3. The van der Waals surface area contributed by atoms with Gasteiger partial charge in [-0.1, -0.05) is 6.07 Å². The number of sulfonamides is 1. The average Bonchev–Trinajstić information content (AvgIpc) is 3.35. The van der Waals surface area contributed by atoms with Crippen LogP contribution in [-0.2, 0) is 41.3 Å². The lowest BCUT2D eigenvalue weighted by Crippen LogP contribution is -2.43. The van der Waals surface area contributed by atoms with E-state index in [2.05, 4.69) is 5.10 Å². The van der Waals surface area contributed by atoms with Crippen LogP contribution in [0.25, 0.3) is 0 Å². The monoisotopic (exact) mass is 416 g/mol. The third-order valence-electron chi connectivity index (χ3n) is 6.07. The van der Waals surface area contributed by atoms with Crippen molar-refractivity contribution in [2.75, 3.05) is 20.1 Å². The van der Waals surface area contributed by atoms with Gasteiger partial charge in [-0.3, -0.25) is 9.48 Å². The zero-order chi connectivity index (χ0) is 20.6. The van der Waals surface area contributed by atoms with Crippen LogP contribution in [0.15, 0.2) is 35.5 Å². The number of aromatic nitrogens is 2. The van der Waals surface area contributed by atoms with Crippen molar-refractivity contribution >= 4 is 15.9 Å². The number of carbonyl (C=O) groups excluding carboxylic acids is 1. The SMILES string of the molecule is CN(Cc1cnn(C)c1)C(=O)C1CCN(S(=O)(=O)c2ccc3c(c2)CCC3)CC1. The van der Waals surface area contributed by atoms with Crippen LogP contribution in [0.1, 0.15) is 36.0 Å². The van der Waals surface area contributed by atoms with Gasteiger partial charge >= 0.3 is 0 Å². The highest BCUT2D eigenvalue weighted by Crippen LogP contribution is 2.29. The van der Waals surface area contributed by atoms with Gasteiger partial charge in [0.15, 0.2) is 0 Å². The number of amides is 1. The van der Waals surface area contributed by atoms with Gasteiger partial charge in [-0.15, -0.1) is 0 Å². The molecule has 2 aliphatic rings. The summed E-state index contributed by atoms with van der Waals surface area (Å²) in [6.07, 6.45) is 7.86. The molecule has 29 heavy (non-hydrogen) atoms. The number of benzene rings is 1. The number of carbonyl (C=O) groups is 1. The first-order valence-electron chi connectivity index (χ1n) is 10.2. The Hall–Kier alpha value is -2.19. The van der Waals surface area contributed by atoms with Crippen LogP contribution in [0.4, 0.5) is 0 Å². The van der Waals surface area contributed by atoms with Gasteiger partial charge in [0.05, 0.1) is 11.1 Å². The molecule has 1 saturated heterocycles. The Labute approximate surface area is 172 Å². The van der Waals surface area contributed by atoms with Gasteiger partial charge in [-0.05, 0) is 55.4 Å². The lowest BCUT2D eigenvalue weighted by molar-refractivity contribution is -0.135. The fourth-order valence-corrected chi connectivity index (χ4v) is 5.94. The Morgan fingerprint density at radius 3 is 2.62 bits per heavy atom. The number of hydrogen-bond acceptors (Lipinski definition) is 4. The van der Waals surface area contributed by atoms with Crippen molar-refractivity contribution in [3.05, 3.63) is 47.3 Å². The van der Waals surface area contributed by atoms with Gasteiger partial charge in [0.25, 0.3) is 0 Å². The minimum atomic E-state index is -3.50. The largest absolute Gasteiger partial charge is 0.341 e. The molecule has 1 aromatic heterocycles. The fourth-order valence-electron chi connectivity index (χ4n) is 4.42. The predicted molar refractivity (Wildman–Crippen MR) is 110 cm³/mol. The van der Waals surface area contributed by atoms with E-state index in [9.17, 15) is 13.2 Å². The molecule has 0 N–H and O–H groups in total. The second-order valence-corrected chi connectivity index (χ2v) is 10.1. The molecule has 1 aliphatic heterocycles. The smallest absolute Gasteiger partial charge is 0.243 e. The number of fused-ring (bicyclic) bond motifs is 1. The Balaban J connectivity index is 1.37. The molecule has 0 saturated carbocycles. The predicted octanol–water partition coefficient (Wildman–Crippen LogP) is 1.97. The summed E-state index contributed by atoms with van der Waals surface area (Å²) in [5.41, 5.74) is 3.41. The molecule has 0 unspecified atom stereocenters. The van der Waals surface area contributed by atoms with Gasteiger partial charge in [-0.2, -0.15) is 9.40 Å². The van der Waals surface area contributed by atoms with Crippen molar-refractivity contribution in [1.29, 1.82) is 0 Å². The zero-order valence-corrected chi connectivity index (χ0v) is 17.9. The number of hydrogen-bond donors (Lipinski definition) is 0. The summed E-state index contributed by atoms with van der Waals surface area (Å²) in [4.78, 5) is 14.9. The second kappa shape index (κ2) is 7.91. The number of rotatable bonds is 5. The molecule has 1 aromatic carbocycles. The molecule has 8 heteroatoms. The maximum atomic E-state index is 13.1. The van der Waals surface area contributed by atoms with E-state index in [4.69, 9.17) is 0 Å². The molecular formula is C21H28N4O3S. The first-order valence-corrected chi connectivity index (χ1v) is 11.6. The van der Waals surface area contributed by atoms with E-state index in [-0.39, 0.29) is 11.8 Å². The van der Waals surface area contributed by atoms with E-state index in [0.29, 0.717) is 37.4 Å². The summed E-state index contributed by atoms with van der Waals surface area (Å²) in [5.74, 6) is -0.0634. The van der Waals surface area contributed by atoms with Gasteiger partial charge in [0, 0.05) is 51.4 Å². The fraction of sp³-hybridized carbons (Fsp3) is 0.524. The molecule has 156 valence electrons. The summed E-state index contributed by atoms with van der Waals surface area (Å²) >= 11 is 0. The van der Waals surface area contributed by atoms with Gasteiger partial charge in [-0.25, -0.2) is 8.42 Å². The zero-order valence-electron chi connectivity index (χ0n) is 17.0. The lowest BCUT2D eigenvalue weighted by atomic mass is 9.96. The number of aryl methyl sites for hydroxylation is 3.